The van der Waals surface area contributed by atoms with E-state index in [2.05, 4.69) is 21.9 Å². The summed E-state index contributed by atoms with van der Waals surface area (Å²) in [5.74, 6) is 0.582. The fourth-order valence-electron chi connectivity index (χ4n) is 1.29. The minimum Gasteiger partial charge on any atom is -0.466 e. The van der Waals surface area contributed by atoms with Gasteiger partial charge in [-0.05, 0) is 6.42 Å². The van der Waals surface area contributed by atoms with Gasteiger partial charge in [0.25, 0.3) is 0 Å². The second kappa shape index (κ2) is 7.78. The van der Waals surface area contributed by atoms with Crippen molar-refractivity contribution < 1.29 is 19.1 Å². The van der Waals surface area contributed by atoms with Crippen LogP contribution in [0.5, 0.6) is 12.0 Å². The molecule has 0 saturated carbocycles. The SMILES string of the molecule is CCCOCC[NH+](C)c1nc(OC)nc(OC)n1. The van der Waals surface area contributed by atoms with E-state index in [-0.39, 0.29) is 12.0 Å². The Morgan fingerprint density at radius 3 is 2.11 bits per heavy atom. The van der Waals surface area contributed by atoms with E-state index in [0.717, 1.165) is 24.5 Å². The average Bonchev–Trinajstić information content (AvgIpc) is 2.42. The molecular weight excluding hydrogens is 236 g/mol. The molecule has 1 aromatic heterocycles. The third-order valence-corrected chi connectivity index (χ3v) is 2.31. The van der Waals surface area contributed by atoms with Gasteiger partial charge in [0.05, 0.1) is 27.9 Å². The van der Waals surface area contributed by atoms with Gasteiger partial charge in [0.2, 0.25) is 0 Å². The van der Waals surface area contributed by atoms with E-state index in [1.165, 1.54) is 14.2 Å². The first-order chi connectivity index (χ1) is 8.71. The van der Waals surface area contributed by atoms with Gasteiger partial charge in [-0.15, -0.1) is 15.0 Å². The summed E-state index contributed by atoms with van der Waals surface area (Å²) in [6, 6.07) is 0.511. The highest BCUT2D eigenvalue weighted by molar-refractivity contribution is 5.12. The molecule has 0 fully saturated rings. The number of methoxy groups -OCH3 is 2. The summed E-state index contributed by atoms with van der Waals surface area (Å²) in [5.41, 5.74) is 0. The normalized spacial score (nSPS) is 12.2. The van der Waals surface area contributed by atoms with Crippen LogP contribution < -0.4 is 14.4 Å². The molecule has 0 saturated heterocycles. The first-order valence-electron chi connectivity index (χ1n) is 5.95. The number of nitrogens with zero attached hydrogens (tertiary/aromatic N) is 3. The molecule has 1 atom stereocenters. The standard InChI is InChI=1S/C11H20N4O3/c1-5-7-18-8-6-15(2)9-12-10(16-3)14-11(13-9)17-4/h5-8H2,1-4H3/p+1. The van der Waals surface area contributed by atoms with E-state index < -0.39 is 0 Å². The van der Waals surface area contributed by atoms with Crippen LogP contribution in [0.25, 0.3) is 0 Å². The number of hydrogen-bond acceptors (Lipinski definition) is 6. The Hall–Kier alpha value is -1.47. The predicted octanol–water partition coefficient (Wildman–Crippen LogP) is -0.538. The Labute approximate surface area is 107 Å². The highest BCUT2D eigenvalue weighted by Crippen LogP contribution is 2.08. The third-order valence-electron chi connectivity index (χ3n) is 2.31. The average molecular weight is 257 g/mol. The Kier molecular flexibility index (Phi) is 6.31. The first kappa shape index (κ1) is 14.6. The van der Waals surface area contributed by atoms with Gasteiger partial charge >= 0.3 is 18.0 Å². The highest BCUT2D eigenvalue weighted by atomic mass is 16.5. The van der Waals surface area contributed by atoms with E-state index in [0.29, 0.717) is 12.6 Å². The van der Waals surface area contributed by atoms with Crippen molar-refractivity contribution in [2.24, 2.45) is 0 Å². The van der Waals surface area contributed by atoms with Gasteiger partial charge in [-0.3, -0.25) is 4.90 Å². The number of likely N-dealkylation sites (N-methyl/N-ethyl adjacent to an activating group) is 1. The molecule has 0 aliphatic carbocycles. The highest BCUT2D eigenvalue weighted by Gasteiger charge is 2.15. The van der Waals surface area contributed by atoms with Gasteiger partial charge in [-0.1, -0.05) is 6.92 Å². The molecule has 7 heteroatoms. The van der Waals surface area contributed by atoms with E-state index in [1.807, 2.05) is 7.05 Å². The Balaban J connectivity index is 2.63. The summed E-state index contributed by atoms with van der Waals surface area (Å²) < 4.78 is 15.4. The Morgan fingerprint density at radius 2 is 1.61 bits per heavy atom. The maximum absolute atomic E-state index is 5.43. The topological polar surface area (TPSA) is 70.8 Å². The van der Waals surface area contributed by atoms with Gasteiger partial charge < -0.3 is 14.2 Å². The fourth-order valence-corrected chi connectivity index (χ4v) is 1.29. The smallest absolute Gasteiger partial charge is 0.336 e. The molecular formula is C11H21N4O3+. The van der Waals surface area contributed by atoms with Crippen molar-refractivity contribution >= 4 is 5.95 Å². The molecule has 18 heavy (non-hydrogen) atoms. The first-order valence-corrected chi connectivity index (χ1v) is 5.95. The van der Waals surface area contributed by atoms with Crippen molar-refractivity contribution in [2.75, 3.05) is 41.0 Å². The van der Waals surface area contributed by atoms with Crippen molar-refractivity contribution in [1.82, 2.24) is 15.0 Å². The van der Waals surface area contributed by atoms with Crippen molar-refractivity contribution in [1.29, 1.82) is 0 Å². The van der Waals surface area contributed by atoms with Crippen LogP contribution in [0, 0.1) is 0 Å². The lowest BCUT2D eigenvalue weighted by Crippen LogP contribution is -3.05. The van der Waals surface area contributed by atoms with Gasteiger partial charge in [-0.25, -0.2) is 0 Å². The number of ether oxygens (including phenoxy) is 3. The summed E-state index contributed by atoms with van der Waals surface area (Å²) in [6.45, 7) is 4.29. The largest absolute Gasteiger partial charge is 0.466 e. The lowest BCUT2D eigenvalue weighted by Gasteiger charge is -2.12. The van der Waals surface area contributed by atoms with Crippen LogP contribution in [0.15, 0.2) is 0 Å². The Bertz CT molecular complexity index is 340. The van der Waals surface area contributed by atoms with E-state index in [1.54, 1.807) is 0 Å². The second-order valence-electron chi connectivity index (χ2n) is 3.78. The molecule has 1 aromatic rings. The van der Waals surface area contributed by atoms with E-state index in [4.69, 9.17) is 14.2 Å². The molecule has 1 unspecified atom stereocenters. The molecule has 0 amide bonds. The lowest BCUT2D eigenvalue weighted by molar-refractivity contribution is -0.816. The van der Waals surface area contributed by atoms with E-state index in [9.17, 15) is 0 Å². The minimum atomic E-state index is 0.255. The van der Waals surface area contributed by atoms with Gasteiger partial charge in [0.1, 0.15) is 6.54 Å². The lowest BCUT2D eigenvalue weighted by atomic mass is 10.5. The molecule has 0 spiro atoms. The molecule has 0 aliphatic rings. The quantitative estimate of drug-likeness (QED) is 0.631. The van der Waals surface area contributed by atoms with Crippen LogP contribution in [0.1, 0.15) is 13.3 Å². The van der Waals surface area contributed by atoms with Crippen LogP contribution in [-0.4, -0.2) is 56.0 Å². The molecule has 1 N–H and O–H groups in total. The van der Waals surface area contributed by atoms with E-state index >= 15 is 0 Å². The summed E-state index contributed by atoms with van der Waals surface area (Å²) >= 11 is 0. The van der Waals surface area contributed by atoms with Crippen LogP contribution >= 0.6 is 0 Å². The predicted molar refractivity (Wildman–Crippen MR) is 65.5 cm³/mol. The summed E-state index contributed by atoms with van der Waals surface area (Å²) in [4.78, 5) is 13.3. The maximum Gasteiger partial charge on any atom is 0.336 e. The van der Waals surface area contributed by atoms with Crippen molar-refractivity contribution in [3.05, 3.63) is 0 Å². The van der Waals surface area contributed by atoms with Crippen LogP contribution in [-0.2, 0) is 4.74 Å². The van der Waals surface area contributed by atoms with Crippen LogP contribution in [0.2, 0.25) is 0 Å². The molecule has 0 aromatic carbocycles. The number of hydrogen-bond donors (Lipinski definition) is 1. The molecule has 1 rings (SSSR count). The molecule has 0 bridgehead atoms. The molecule has 0 aliphatic heterocycles. The summed E-state index contributed by atoms with van der Waals surface area (Å²) in [5, 5.41) is 0. The molecule has 7 nitrogen and oxygen atoms in total. The number of rotatable bonds is 8. The number of nitrogens with one attached hydrogen (secondary N) is 1. The zero-order chi connectivity index (χ0) is 13.4. The van der Waals surface area contributed by atoms with Crippen LogP contribution in [0.3, 0.4) is 0 Å². The number of aromatic nitrogens is 3. The molecule has 0 radical (unpaired) electrons. The summed E-state index contributed by atoms with van der Waals surface area (Å²) in [6.07, 6.45) is 1.02. The zero-order valence-electron chi connectivity index (χ0n) is 11.4. The van der Waals surface area contributed by atoms with Gasteiger partial charge in [-0.2, -0.15) is 0 Å². The van der Waals surface area contributed by atoms with Gasteiger partial charge in [0.15, 0.2) is 0 Å². The monoisotopic (exact) mass is 257 g/mol. The number of quaternary nitrogens is 1. The fraction of sp³-hybridized carbons (Fsp3) is 0.727. The third kappa shape index (κ3) is 4.42. The maximum atomic E-state index is 5.43. The van der Waals surface area contributed by atoms with Crippen LogP contribution in [0.4, 0.5) is 5.95 Å². The van der Waals surface area contributed by atoms with Crippen molar-refractivity contribution in [3.8, 4) is 12.0 Å². The van der Waals surface area contributed by atoms with Crippen molar-refractivity contribution in [3.63, 3.8) is 0 Å². The van der Waals surface area contributed by atoms with Gasteiger partial charge in [0, 0.05) is 6.61 Å². The zero-order valence-corrected chi connectivity index (χ0v) is 11.4. The Morgan fingerprint density at radius 1 is 1.00 bits per heavy atom. The molecule has 102 valence electrons. The minimum absolute atomic E-state index is 0.255. The second-order valence-corrected chi connectivity index (χ2v) is 3.78. The molecule has 1 heterocycles. The summed E-state index contributed by atoms with van der Waals surface area (Å²) in [7, 11) is 4.99. The van der Waals surface area contributed by atoms with Crippen molar-refractivity contribution in [2.45, 2.75) is 13.3 Å².